The Morgan fingerprint density at radius 1 is 1.47 bits per heavy atom. The van der Waals surface area contributed by atoms with Crippen molar-refractivity contribution in [3.8, 4) is 17.5 Å². The SMILES string of the molecule is C[C@H](C#N)Cn1nnc(-c2ccccc2Cl)n1. The molecule has 2 rings (SSSR count). The van der Waals surface area contributed by atoms with Gasteiger partial charge in [0.25, 0.3) is 0 Å². The number of aromatic nitrogens is 4. The predicted octanol–water partition coefficient (Wildman–Crippen LogP) is 2.15. The molecule has 0 saturated carbocycles. The number of tetrazole rings is 1. The summed E-state index contributed by atoms with van der Waals surface area (Å²) in [4.78, 5) is 1.41. The summed E-state index contributed by atoms with van der Waals surface area (Å²) in [5, 5.41) is 21.3. The van der Waals surface area contributed by atoms with E-state index in [2.05, 4.69) is 21.5 Å². The van der Waals surface area contributed by atoms with E-state index in [0.717, 1.165) is 5.56 Å². The molecule has 2 aromatic rings. The summed E-state index contributed by atoms with van der Waals surface area (Å²) in [7, 11) is 0. The smallest absolute Gasteiger partial charge is 0.198 e. The van der Waals surface area contributed by atoms with Crippen LogP contribution < -0.4 is 0 Å². The van der Waals surface area contributed by atoms with E-state index in [0.29, 0.717) is 17.4 Å². The van der Waals surface area contributed by atoms with E-state index in [1.54, 1.807) is 13.0 Å². The molecule has 0 unspecified atom stereocenters. The van der Waals surface area contributed by atoms with Gasteiger partial charge in [-0.1, -0.05) is 23.7 Å². The lowest BCUT2D eigenvalue weighted by Gasteiger charge is -1.99. The number of nitrogens with zero attached hydrogens (tertiary/aromatic N) is 5. The third-order valence-electron chi connectivity index (χ3n) is 2.23. The second-order valence-electron chi connectivity index (χ2n) is 3.68. The van der Waals surface area contributed by atoms with Crippen molar-refractivity contribution in [1.82, 2.24) is 20.2 Å². The average Bonchev–Trinajstić information content (AvgIpc) is 2.78. The number of halogens is 1. The second kappa shape index (κ2) is 4.93. The minimum Gasteiger partial charge on any atom is -0.198 e. The molecule has 0 aliphatic carbocycles. The molecular weight excluding hydrogens is 238 g/mol. The van der Waals surface area contributed by atoms with Crippen molar-refractivity contribution in [3.05, 3.63) is 29.3 Å². The Kier molecular flexibility index (Phi) is 3.35. The van der Waals surface area contributed by atoms with E-state index in [-0.39, 0.29) is 5.92 Å². The first-order valence-electron chi connectivity index (χ1n) is 5.13. The van der Waals surface area contributed by atoms with Crippen molar-refractivity contribution < 1.29 is 0 Å². The van der Waals surface area contributed by atoms with Crippen molar-refractivity contribution in [2.75, 3.05) is 0 Å². The molecule has 0 N–H and O–H groups in total. The lowest BCUT2D eigenvalue weighted by Crippen LogP contribution is -2.09. The number of nitriles is 1. The zero-order chi connectivity index (χ0) is 12.3. The van der Waals surface area contributed by atoms with Crippen molar-refractivity contribution in [3.63, 3.8) is 0 Å². The highest BCUT2D eigenvalue weighted by Crippen LogP contribution is 2.23. The quantitative estimate of drug-likeness (QED) is 0.834. The van der Waals surface area contributed by atoms with Crippen molar-refractivity contribution in [2.45, 2.75) is 13.5 Å². The van der Waals surface area contributed by atoms with Gasteiger partial charge in [0.15, 0.2) is 0 Å². The third-order valence-corrected chi connectivity index (χ3v) is 2.55. The van der Waals surface area contributed by atoms with Gasteiger partial charge >= 0.3 is 0 Å². The van der Waals surface area contributed by atoms with Crippen molar-refractivity contribution >= 4 is 11.6 Å². The fourth-order valence-corrected chi connectivity index (χ4v) is 1.58. The van der Waals surface area contributed by atoms with Crippen molar-refractivity contribution in [1.29, 1.82) is 5.26 Å². The summed E-state index contributed by atoms with van der Waals surface area (Å²) in [5.74, 6) is 0.323. The molecule has 0 bridgehead atoms. The summed E-state index contributed by atoms with van der Waals surface area (Å²) < 4.78 is 0. The van der Waals surface area contributed by atoms with Crippen LogP contribution in [0.2, 0.25) is 5.02 Å². The zero-order valence-electron chi connectivity index (χ0n) is 9.21. The summed E-state index contributed by atoms with van der Waals surface area (Å²) in [6.45, 7) is 2.23. The van der Waals surface area contributed by atoms with E-state index in [9.17, 15) is 0 Å². The van der Waals surface area contributed by atoms with Gasteiger partial charge in [0, 0.05) is 5.56 Å². The molecule has 0 saturated heterocycles. The minimum atomic E-state index is -0.150. The average molecular weight is 248 g/mol. The molecule has 17 heavy (non-hydrogen) atoms. The van der Waals surface area contributed by atoms with Gasteiger partial charge in [0.1, 0.15) is 0 Å². The molecule has 1 aromatic carbocycles. The van der Waals surface area contributed by atoms with Crippen LogP contribution in [0.15, 0.2) is 24.3 Å². The second-order valence-corrected chi connectivity index (χ2v) is 4.09. The van der Waals surface area contributed by atoms with E-state index in [4.69, 9.17) is 16.9 Å². The number of hydrogen-bond acceptors (Lipinski definition) is 4. The topological polar surface area (TPSA) is 67.4 Å². The highest BCUT2D eigenvalue weighted by atomic mass is 35.5. The molecule has 1 atom stereocenters. The third kappa shape index (κ3) is 2.60. The summed E-state index contributed by atoms with van der Waals surface area (Å²) in [6.07, 6.45) is 0. The zero-order valence-corrected chi connectivity index (χ0v) is 9.96. The molecule has 0 aliphatic heterocycles. The van der Waals surface area contributed by atoms with E-state index < -0.39 is 0 Å². The maximum absolute atomic E-state index is 8.70. The van der Waals surface area contributed by atoms with Gasteiger partial charge in [-0.05, 0) is 24.3 Å². The Morgan fingerprint density at radius 2 is 2.24 bits per heavy atom. The summed E-state index contributed by atoms with van der Waals surface area (Å²) >= 11 is 6.03. The van der Waals surface area contributed by atoms with Crippen LogP contribution in [-0.2, 0) is 6.54 Å². The summed E-state index contributed by atoms with van der Waals surface area (Å²) in [5.41, 5.74) is 0.741. The highest BCUT2D eigenvalue weighted by molar-refractivity contribution is 6.33. The van der Waals surface area contributed by atoms with Crippen LogP contribution in [0.4, 0.5) is 0 Å². The molecule has 1 heterocycles. The van der Waals surface area contributed by atoms with Gasteiger partial charge in [-0.25, -0.2) is 0 Å². The maximum atomic E-state index is 8.70. The first-order valence-corrected chi connectivity index (χ1v) is 5.51. The van der Waals surface area contributed by atoms with Gasteiger partial charge in [-0.3, -0.25) is 0 Å². The Bertz CT molecular complexity index is 557. The molecule has 5 nitrogen and oxygen atoms in total. The van der Waals surface area contributed by atoms with E-state index >= 15 is 0 Å². The molecular formula is C11H10ClN5. The van der Waals surface area contributed by atoms with Gasteiger partial charge in [-0.15, -0.1) is 10.2 Å². The lowest BCUT2D eigenvalue weighted by molar-refractivity contribution is 0.463. The molecule has 0 aliphatic rings. The van der Waals surface area contributed by atoms with Crippen LogP contribution in [0, 0.1) is 17.2 Å². The normalized spacial score (nSPS) is 12.1. The Morgan fingerprint density at radius 3 is 2.94 bits per heavy atom. The van der Waals surface area contributed by atoms with Gasteiger partial charge in [-0.2, -0.15) is 10.1 Å². The fraction of sp³-hybridized carbons (Fsp3) is 0.273. The number of hydrogen-bond donors (Lipinski definition) is 0. The molecule has 1 aromatic heterocycles. The Hall–Kier alpha value is -1.93. The van der Waals surface area contributed by atoms with Gasteiger partial charge in [0.2, 0.25) is 5.82 Å². The van der Waals surface area contributed by atoms with E-state index in [1.807, 2.05) is 18.2 Å². The highest BCUT2D eigenvalue weighted by Gasteiger charge is 2.10. The van der Waals surface area contributed by atoms with Crippen LogP contribution in [0.5, 0.6) is 0 Å². The molecule has 0 spiro atoms. The molecule has 0 amide bonds. The number of rotatable bonds is 3. The lowest BCUT2D eigenvalue weighted by atomic mass is 10.2. The van der Waals surface area contributed by atoms with Crippen LogP contribution in [0.3, 0.4) is 0 Å². The predicted molar refractivity (Wildman–Crippen MR) is 63.0 cm³/mol. The minimum absolute atomic E-state index is 0.150. The standard InChI is InChI=1S/C11H10ClN5/c1-8(6-13)7-17-15-11(14-16-17)9-4-2-3-5-10(9)12/h2-5,8H,7H2,1H3/t8-/m1/s1. The van der Waals surface area contributed by atoms with Gasteiger partial charge < -0.3 is 0 Å². The Labute approximate surface area is 104 Å². The number of benzene rings is 1. The molecule has 0 radical (unpaired) electrons. The largest absolute Gasteiger partial charge is 0.206 e. The van der Waals surface area contributed by atoms with Crippen LogP contribution in [0.25, 0.3) is 11.4 Å². The summed E-state index contributed by atoms with van der Waals surface area (Å²) in [6, 6.07) is 9.43. The maximum Gasteiger partial charge on any atom is 0.206 e. The molecule has 6 heteroatoms. The monoisotopic (exact) mass is 247 g/mol. The first-order chi connectivity index (χ1) is 8.20. The van der Waals surface area contributed by atoms with Crippen LogP contribution >= 0.6 is 11.6 Å². The van der Waals surface area contributed by atoms with Gasteiger partial charge in [0.05, 0.1) is 23.6 Å². The molecule has 86 valence electrons. The van der Waals surface area contributed by atoms with Crippen LogP contribution in [-0.4, -0.2) is 20.2 Å². The van der Waals surface area contributed by atoms with Crippen LogP contribution in [0.1, 0.15) is 6.92 Å². The Balaban J connectivity index is 2.25. The molecule has 0 fully saturated rings. The first kappa shape index (κ1) is 11.6. The fourth-order valence-electron chi connectivity index (χ4n) is 1.36. The van der Waals surface area contributed by atoms with E-state index in [1.165, 1.54) is 4.80 Å². The van der Waals surface area contributed by atoms with Crippen molar-refractivity contribution in [2.24, 2.45) is 5.92 Å².